The molecule has 2 N–H and O–H groups in total. The summed E-state index contributed by atoms with van der Waals surface area (Å²) < 4.78 is 0. The molecule has 0 aromatic heterocycles. The topological polar surface area (TPSA) is 38.4 Å². The Balaban J connectivity index is 1.39. The molecule has 7 aromatic carbocycles. The van der Waals surface area contributed by atoms with Gasteiger partial charge in [0.2, 0.25) is 0 Å². The highest BCUT2D eigenvalue weighted by Crippen LogP contribution is 2.44. The first-order valence-corrected chi connectivity index (χ1v) is 16.0. The molecule has 0 atom stereocenters. The van der Waals surface area contributed by atoms with Crippen molar-refractivity contribution in [3.63, 3.8) is 0 Å². The Morgan fingerprint density at radius 2 is 1.09 bits per heavy atom. The monoisotopic (exact) mass is 604 g/mol. The fourth-order valence-corrected chi connectivity index (χ4v) is 6.45. The first-order chi connectivity index (χ1) is 23.1. The fraction of sp³-hybridized carbons (Fsp3) is 0.0444. The molecule has 0 spiro atoms. The molecule has 2 nitrogen and oxygen atoms in total. The van der Waals surface area contributed by atoms with Gasteiger partial charge in [0.05, 0.1) is 5.70 Å². The lowest BCUT2D eigenvalue weighted by atomic mass is 9.85. The van der Waals surface area contributed by atoms with Crippen molar-refractivity contribution in [2.24, 2.45) is 4.99 Å². The lowest BCUT2D eigenvalue weighted by molar-refractivity contribution is 1.22. The van der Waals surface area contributed by atoms with E-state index < -0.39 is 0 Å². The second kappa shape index (κ2) is 13.2. The van der Waals surface area contributed by atoms with Gasteiger partial charge in [-0.3, -0.25) is 4.99 Å². The van der Waals surface area contributed by atoms with Crippen LogP contribution in [0.15, 0.2) is 175 Å². The summed E-state index contributed by atoms with van der Waals surface area (Å²) in [6.07, 6.45) is 2.77. The maximum absolute atomic E-state index is 6.08. The maximum Gasteiger partial charge on any atom is 0.0630 e. The van der Waals surface area contributed by atoms with Gasteiger partial charge >= 0.3 is 0 Å². The van der Waals surface area contributed by atoms with Gasteiger partial charge < -0.3 is 5.73 Å². The molecule has 0 bridgehead atoms. The average molecular weight is 605 g/mol. The van der Waals surface area contributed by atoms with Crippen LogP contribution in [0.25, 0.3) is 55.1 Å². The van der Waals surface area contributed by atoms with E-state index in [1.165, 1.54) is 54.9 Å². The number of rotatable bonds is 8. The van der Waals surface area contributed by atoms with Crippen molar-refractivity contribution in [2.75, 3.05) is 5.73 Å². The molecule has 0 heterocycles. The third-order valence-corrected chi connectivity index (χ3v) is 8.92. The Bertz CT molecular complexity index is 2220. The molecular weight excluding hydrogens is 569 g/mol. The molecule has 7 aromatic rings. The normalized spacial score (nSPS) is 12.0. The fourth-order valence-electron chi connectivity index (χ4n) is 6.45. The highest BCUT2D eigenvalue weighted by Gasteiger charge is 2.17. The molecule has 0 fully saturated rings. The van der Waals surface area contributed by atoms with E-state index in [0.29, 0.717) is 0 Å². The van der Waals surface area contributed by atoms with Gasteiger partial charge in [-0.15, -0.1) is 0 Å². The van der Waals surface area contributed by atoms with E-state index in [-0.39, 0.29) is 0 Å². The van der Waals surface area contributed by atoms with Gasteiger partial charge in [0.15, 0.2) is 0 Å². The number of allylic oxidation sites excluding steroid dienone is 2. The zero-order valence-corrected chi connectivity index (χ0v) is 26.5. The van der Waals surface area contributed by atoms with Gasteiger partial charge in [-0.2, -0.15) is 0 Å². The van der Waals surface area contributed by atoms with E-state index in [1.807, 2.05) is 48.7 Å². The minimum Gasteiger partial charge on any atom is -0.399 e. The molecule has 226 valence electrons. The lowest BCUT2D eigenvalue weighted by Gasteiger charge is -2.18. The molecule has 47 heavy (non-hydrogen) atoms. The molecular formula is C45H36N2. The molecule has 0 aliphatic heterocycles. The summed E-state index contributed by atoms with van der Waals surface area (Å²) in [5, 5.41) is 4.89. The highest BCUT2D eigenvalue weighted by atomic mass is 14.7. The smallest absolute Gasteiger partial charge is 0.0630 e. The summed E-state index contributed by atoms with van der Waals surface area (Å²) in [5.41, 5.74) is 18.2. The quantitative estimate of drug-likeness (QED) is 0.105. The summed E-state index contributed by atoms with van der Waals surface area (Å²) in [7, 11) is 0. The van der Waals surface area contributed by atoms with Crippen LogP contribution < -0.4 is 5.73 Å². The number of hydrogen-bond donors (Lipinski definition) is 1. The minimum atomic E-state index is 0.747. The summed E-state index contributed by atoms with van der Waals surface area (Å²) >= 11 is 0. The number of hydrogen-bond acceptors (Lipinski definition) is 2. The van der Waals surface area contributed by atoms with Crippen molar-refractivity contribution in [2.45, 2.75) is 13.3 Å². The second-order valence-electron chi connectivity index (χ2n) is 11.9. The maximum atomic E-state index is 6.08. The van der Waals surface area contributed by atoms with Crippen LogP contribution in [0, 0.1) is 0 Å². The third-order valence-electron chi connectivity index (χ3n) is 8.92. The van der Waals surface area contributed by atoms with Crippen LogP contribution in [-0.2, 0) is 6.42 Å². The Labute approximate surface area is 276 Å². The van der Waals surface area contributed by atoms with Crippen LogP contribution >= 0.6 is 0 Å². The lowest BCUT2D eigenvalue weighted by Crippen LogP contribution is -1.98. The average Bonchev–Trinajstić information content (AvgIpc) is 3.13. The zero-order valence-electron chi connectivity index (χ0n) is 26.5. The Morgan fingerprint density at radius 3 is 1.68 bits per heavy atom. The van der Waals surface area contributed by atoms with Gasteiger partial charge in [0, 0.05) is 11.9 Å². The Kier molecular flexibility index (Phi) is 8.32. The summed E-state index contributed by atoms with van der Waals surface area (Å²) in [5.74, 6) is 0. The van der Waals surface area contributed by atoms with Crippen LogP contribution in [0.4, 0.5) is 5.69 Å². The van der Waals surface area contributed by atoms with Crippen molar-refractivity contribution in [3.05, 3.63) is 187 Å². The van der Waals surface area contributed by atoms with Crippen molar-refractivity contribution in [1.29, 1.82) is 0 Å². The number of nitrogen functional groups attached to an aromatic ring is 1. The van der Waals surface area contributed by atoms with Crippen molar-refractivity contribution < 1.29 is 0 Å². The van der Waals surface area contributed by atoms with Gasteiger partial charge in [0.1, 0.15) is 0 Å². The number of nitrogens with zero attached hydrogens (tertiary/aromatic N) is 1. The number of aliphatic imine (C=N–C) groups is 1. The van der Waals surface area contributed by atoms with Crippen molar-refractivity contribution in [3.8, 4) is 22.3 Å². The SMILES string of the molecule is C=C(/N=C\C(Cc1ccccc1)=C(/C)c1cccc(-c2c3ccccc3c(-c3ccc(N)cc3)c3ccccc23)c1)c1ccccc1. The van der Waals surface area contributed by atoms with E-state index in [1.54, 1.807) is 0 Å². The van der Waals surface area contributed by atoms with Crippen LogP contribution in [0.3, 0.4) is 0 Å². The van der Waals surface area contributed by atoms with Crippen LogP contribution in [0.5, 0.6) is 0 Å². The Hall–Kier alpha value is -5.99. The number of nitrogens with two attached hydrogens (primary N) is 1. The van der Waals surface area contributed by atoms with E-state index >= 15 is 0 Å². The van der Waals surface area contributed by atoms with Crippen molar-refractivity contribution in [1.82, 2.24) is 0 Å². The first kappa shape index (κ1) is 29.7. The molecule has 0 saturated heterocycles. The summed E-state index contributed by atoms with van der Waals surface area (Å²) in [4.78, 5) is 4.86. The van der Waals surface area contributed by atoms with E-state index in [0.717, 1.165) is 34.5 Å². The second-order valence-corrected chi connectivity index (χ2v) is 11.9. The van der Waals surface area contributed by atoms with Gasteiger partial charge in [0.25, 0.3) is 0 Å². The molecule has 7 rings (SSSR count). The van der Waals surface area contributed by atoms with Crippen LogP contribution in [-0.4, -0.2) is 6.21 Å². The Morgan fingerprint density at radius 1 is 0.574 bits per heavy atom. The van der Waals surface area contributed by atoms with E-state index in [4.69, 9.17) is 10.7 Å². The number of fused-ring (bicyclic) bond motifs is 2. The zero-order chi connectivity index (χ0) is 32.2. The molecule has 0 aliphatic carbocycles. The molecule has 0 radical (unpaired) electrons. The first-order valence-electron chi connectivity index (χ1n) is 16.0. The molecule has 0 saturated carbocycles. The standard InChI is InChI=1S/C45H36N2/c1-31(38(28-33-14-5-3-6-15-33)30-47-32(2)34-16-7-4-8-17-34)36-18-13-19-37(29-36)45-42-22-11-9-20-40(42)44(35-24-26-39(46)27-25-35)41-21-10-12-23-43(41)45/h3-27,29-30H,2,28,46H2,1H3/b38-31+,47-30-. The number of benzene rings is 7. The molecule has 0 aliphatic rings. The minimum absolute atomic E-state index is 0.747. The highest BCUT2D eigenvalue weighted by molar-refractivity contribution is 6.21. The molecule has 2 heteroatoms. The van der Waals surface area contributed by atoms with Crippen LogP contribution in [0.1, 0.15) is 23.6 Å². The largest absolute Gasteiger partial charge is 0.399 e. The van der Waals surface area contributed by atoms with Crippen LogP contribution in [0.2, 0.25) is 0 Å². The predicted molar refractivity (Wildman–Crippen MR) is 203 cm³/mol. The third kappa shape index (κ3) is 6.14. The molecule has 0 unspecified atom stereocenters. The van der Waals surface area contributed by atoms with Gasteiger partial charge in [-0.1, -0.05) is 146 Å². The summed E-state index contributed by atoms with van der Waals surface area (Å²) in [6.45, 7) is 6.46. The van der Waals surface area contributed by atoms with E-state index in [9.17, 15) is 0 Å². The van der Waals surface area contributed by atoms with E-state index in [2.05, 4.69) is 129 Å². The predicted octanol–water partition coefficient (Wildman–Crippen LogP) is 11.7. The van der Waals surface area contributed by atoms with Gasteiger partial charge in [-0.25, -0.2) is 0 Å². The van der Waals surface area contributed by atoms with Gasteiger partial charge in [-0.05, 0) is 103 Å². The molecule has 0 amide bonds. The summed E-state index contributed by atoms with van der Waals surface area (Å²) in [6, 6.07) is 55.4. The van der Waals surface area contributed by atoms with Crippen molar-refractivity contribution >= 4 is 44.7 Å². The number of anilines is 1.